The van der Waals surface area contributed by atoms with E-state index in [2.05, 4.69) is 71.6 Å². The number of nitrogens with zero attached hydrogens (tertiary/aromatic N) is 6. The zero-order valence-corrected chi connectivity index (χ0v) is 60.3. The average molecular weight is 1560 g/mol. The molecule has 4 atom stereocenters. The Morgan fingerprint density at radius 1 is 0.495 bits per heavy atom. The molecule has 12 aromatic rings. The maximum absolute atomic E-state index is 13.1. The summed E-state index contributed by atoms with van der Waals surface area (Å²) in [6.07, 6.45) is 0. The van der Waals surface area contributed by atoms with E-state index in [4.69, 9.17) is 20.9 Å². The largest absolute Gasteiger partial charge is 0.497 e. The maximum atomic E-state index is 13.1. The topological polar surface area (TPSA) is 469 Å². The summed E-state index contributed by atoms with van der Waals surface area (Å²) < 4.78 is 183. The van der Waals surface area contributed by atoms with Crippen LogP contribution in [0.2, 0.25) is 5.02 Å². The van der Waals surface area contributed by atoms with Crippen molar-refractivity contribution in [1.82, 2.24) is 49.6 Å². The number of carbonyl (C=O) groups excluding carboxylic acids is 2. The number of carbonyl (C=O) groups is 2. The van der Waals surface area contributed by atoms with Crippen molar-refractivity contribution in [2.45, 2.75) is 55.2 Å². The summed E-state index contributed by atoms with van der Waals surface area (Å²) in [7, 11) is -23.4. The lowest BCUT2D eigenvalue weighted by Gasteiger charge is -2.33. The Hall–Kier alpha value is -10.5. The number of hydrogen-bond donors (Lipinski definition) is 11. The van der Waals surface area contributed by atoms with Crippen molar-refractivity contribution in [3.05, 3.63) is 209 Å². The van der Waals surface area contributed by atoms with Gasteiger partial charge >= 0.3 is 10.1 Å². The van der Waals surface area contributed by atoms with Crippen LogP contribution in [-0.4, -0.2) is 159 Å². The smallest absolute Gasteiger partial charge is 0.328 e. The number of methoxy groups -OCH3 is 1. The van der Waals surface area contributed by atoms with Crippen LogP contribution in [-0.2, 0) is 69.6 Å². The van der Waals surface area contributed by atoms with Crippen molar-refractivity contribution in [1.29, 1.82) is 0 Å². The van der Waals surface area contributed by atoms with Crippen molar-refractivity contribution < 1.29 is 78.8 Å². The summed E-state index contributed by atoms with van der Waals surface area (Å²) in [5, 5.41) is 2.89. The molecule has 0 saturated carbocycles. The Labute approximate surface area is 593 Å². The highest BCUT2D eigenvalue weighted by atomic mass is 35.5. The number of nitrogens with one attached hydrogen (secondary N) is 7. The molecule has 0 bridgehead atoms. The van der Waals surface area contributed by atoms with Crippen molar-refractivity contribution in [2.75, 3.05) is 28.6 Å². The zero-order chi connectivity index (χ0) is 74.7. The van der Waals surface area contributed by atoms with Crippen LogP contribution in [0.4, 0.5) is 17.1 Å². The van der Waals surface area contributed by atoms with Crippen molar-refractivity contribution in [3.63, 3.8) is 0 Å². The second kappa shape index (κ2) is 27.7. The number of H-pyrrole nitrogens is 4. The number of fused-ring (bicyclic) bond motifs is 7. The molecule has 0 amide bonds. The summed E-state index contributed by atoms with van der Waals surface area (Å²) in [6.45, 7) is 3.78. The number of rotatable bonds is 15. The number of imidazole rings is 4. The molecule has 0 radical (unpaired) electrons. The molecular weight excluding hydrogens is 1500 g/mol. The summed E-state index contributed by atoms with van der Waals surface area (Å²) >= 11 is 5.96. The lowest BCUT2D eigenvalue weighted by Crippen LogP contribution is -2.40. The number of benzene rings is 8. The van der Waals surface area contributed by atoms with Gasteiger partial charge in [-0.05, 0) is 147 Å². The van der Waals surface area contributed by atoms with E-state index in [1.165, 1.54) is 73.8 Å². The number of allylic oxidation sites excluding steroid dienone is 1. The number of aromatic nitrogens is 8. The second-order valence-corrected chi connectivity index (χ2v) is 34.4. The molecule has 0 fully saturated rings. The maximum Gasteiger partial charge on any atom is 0.328 e. The first-order chi connectivity index (χ1) is 48.2. The van der Waals surface area contributed by atoms with E-state index in [-0.39, 0.29) is 86.2 Å². The fraction of sp³-hybridized carbons (Fsp3) is 0.0781. The number of halogens is 1. The van der Waals surface area contributed by atoms with Gasteiger partial charge in [-0.25, -0.2) is 57.8 Å². The first-order valence-corrected chi connectivity index (χ1v) is 40.8. The Morgan fingerprint density at radius 3 is 1.43 bits per heavy atom. The van der Waals surface area contributed by atoms with Crippen LogP contribution in [0.25, 0.3) is 44.1 Å². The number of para-hydroxylation sites is 2. The van der Waals surface area contributed by atoms with Crippen LogP contribution in [0.3, 0.4) is 0 Å². The van der Waals surface area contributed by atoms with Crippen LogP contribution in [0, 0.1) is 0 Å². The Kier molecular flexibility index (Phi) is 19.8. The third-order valence-electron chi connectivity index (χ3n) is 15.6. The zero-order valence-electron chi connectivity index (χ0n) is 53.8. The highest BCUT2D eigenvalue weighted by Crippen LogP contribution is 2.35. The summed E-state index contributed by atoms with van der Waals surface area (Å²) in [5.74, 6) is 9.44. The van der Waals surface area contributed by atoms with Gasteiger partial charge in [-0.1, -0.05) is 66.2 Å². The molecule has 0 spiro atoms. The van der Waals surface area contributed by atoms with Gasteiger partial charge < -0.3 is 38.3 Å². The van der Waals surface area contributed by atoms with Crippen molar-refractivity contribution in [3.8, 4) is 5.75 Å². The Bertz CT molecular complexity index is 6330. The molecule has 2 aliphatic rings. The Balaban J connectivity index is 0.000000139. The van der Waals surface area contributed by atoms with E-state index in [1.54, 1.807) is 72.8 Å². The van der Waals surface area contributed by atoms with E-state index >= 15 is 0 Å². The van der Waals surface area contributed by atoms with Gasteiger partial charge in [0.2, 0.25) is 15.5 Å². The minimum Gasteiger partial charge on any atom is -0.497 e. The minimum absolute atomic E-state index is 0.0111. The Morgan fingerprint density at radius 2 is 0.932 bits per heavy atom. The van der Waals surface area contributed by atoms with Crippen molar-refractivity contribution in [2.24, 2.45) is 0 Å². The predicted molar refractivity (Wildman–Crippen MR) is 391 cm³/mol. The second-order valence-electron chi connectivity index (χ2n) is 22.6. The monoisotopic (exact) mass is 1560 g/mol. The third-order valence-corrected chi connectivity index (χ3v) is 23.1. The molecule has 1 aliphatic carbocycles. The summed E-state index contributed by atoms with van der Waals surface area (Å²) in [6, 6.07) is 44.1. The van der Waals surface area contributed by atoms with Crippen molar-refractivity contribution >= 4 is 172 Å². The van der Waals surface area contributed by atoms with Gasteiger partial charge in [0.25, 0.3) is 35.2 Å². The number of ether oxygens (including phenoxy) is 1. The first kappa shape index (κ1) is 73.7. The van der Waals surface area contributed by atoms with E-state index in [9.17, 15) is 69.5 Å². The highest BCUT2D eigenvalue weighted by Gasteiger charge is 2.36. The fourth-order valence-electron chi connectivity index (χ4n) is 10.6. The molecule has 14 rings (SSSR count). The van der Waals surface area contributed by atoms with Crippen LogP contribution >= 0.6 is 11.6 Å². The molecule has 31 nitrogen and oxygen atoms in total. The van der Waals surface area contributed by atoms with Gasteiger partial charge in [0.05, 0.1) is 99.8 Å². The summed E-state index contributed by atoms with van der Waals surface area (Å²) in [5.41, 5.74) is 6.26. The average Bonchev–Trinajstić information content (AvgIpc) is 1.72. The molecule has 8 aromatic carbocycles. The van der Waals surface area contributed by atoms with E-state index in [0.717, 1.165) is 11.4 Å². The van der Waals surface area contributed by atoms with E-state index in [0.29, 0.717) is 55.8 Å². The SMILES string of the molecule is C=S(=O)(O)c1nc2c3c(ccc2[nH]1)C(=O)c1ccccc1C3=O.C=S(=O)(O)c1nc2ccc(S(=O)(=O)NC3=C(C)N(C)N(c4ccccc4)C3C)cc2[nH]1.C=S(=O)(O)c1nc2ccc(S(=O)(=O)Nc3ccccc3Cl)cc2[nH]1.COc1ccc(NS(=O)(=O)c2ccc3nc(S(=O)(=O)O)[nH]c3c2)cc1. The minimum atomic E-state index is -4.51. The number of anilines is 3. The normalized spacial score (nSPS) is 15.7. The predicted octanol–water partition coefficient (Wildman–Crippen LogP) is 8.45. The summed E-state index contributed by atoms with van der Waals surface area (Å²) in [4.78, 5) is 51.2. The van der Waals surface area contributed by atoms with Crippen LogP contribution in [0.1, 0.15) is 45.7 Å². The number of hydrogen-bond acceptors (Lipinski definition) is 20. The molecule has 0 saturated heterocycles. The van der Waals surface area contributed by atoms with E-state index < -0.39 is 74.8 Å². The number of aromatic amines is 4. The van der Waals surface area contributed by atoms with Crippen LogP contribution < -0.4 is 23.9 Å². The molecule has 4 unspecified atom stereocenters. The molecule has 1 aliphatic heterocycles. The van der Waals surface area contributed by atoms with Gasteiger partial charge in [-0.2, -0.15) is 8.42 Å². The molecule has 103 heavy (non-hydrogen) atoms. The molecule has 5 heterocycles. The fourth-order valence-corrected chi connectivity index (χ4v) is 16.2. The molecular formula is C64H58ClN13O18S7. The van der Waals surface area contributed by atoms with Gasteiger partial charge in [-0.3, -0.25) is 38.3 Å². The van der Waals surface area contributed by atoms with Gasteiger partial charge in [0.15, 0.2) is 11.6 Å². The first-order valence-electron chi connectivity index (χ1n) is 29.4. The molecule has 536 valence electrons. The van der Waals surface area contributed by atoms with Gasteiger partial charge in [0, 0.05) is 29.4 Å². The molecule has 11 N–H and O–H groups in total. The van der Waals surface area contributed by atoms with Gasteiger partial charge in [0.1, 0.15) is 40.7 Å². The number of sulfonamides is 3. The number of ketones is 2. The number of hydrazine groups is 1. The molecule has 39 heteroatoms. The quantitative estimate of drug-likeness (QED) is 0.0338. The van der Waals surface area contributed by atoms with Crippen LogP contribution in [0.15, 0.2) is 217 Å². The lowest BCUT2D eigenvalue weighted by molar-refractivity contribution is 0.0980. The van der Waals surface area contributed by atoms with E-state index in [1.807, 2.05) is 61.2 Å². The standard InChI is InChI=1S/C20H23N5O4S2.C16H10N2O4S.C14H12ClN3O4S2.C14H13N3O6S2/c1-13-19(14(2)25(24(13)3)15-8-6-5-7-9-15)23-31(28,29)16-10-11-17-18(12-16)22-20(21-17)30(4,26)27;1-23(21,22)16-17-11-7-6-10-12(13(11)18-16)15(20)9-5-3-2-4-8(9)14(10)19;1-23(19,20)14-16-12-7-6-9(8-13(12)17-14)24(21,22)18-11-5-3-2-4-10(11)15;1-23-10-4-2-9(3-5-10)17-24(18,19)11-6-7-12-13(8-11)16-14(15-12)25(20,21)22/h5-12,14,23H,4H2,1-3H3,(H,21,22)(H,26,27);2-7H,1H2,(H,17,18)(H,21,22);2-8,18H,1H2,(H,16,17)(H,19,20);2-8,17H,1H3,(H,15,16)(H,20,21,22). The van der Waals surface area contributed by atoms with Gasteiger partial charge in [-0.15, -0.1) is 0 Å². The third kappa shape index (κ3) is 15.6. The molecule has 4 aromatic heterocycles. The highest BCUT2D eigenvalue weighted by molar-refractivity contribution is 7.95. The van der Waals surface area contributed by atoms with Crippen LogP contribution in [0.5, 0.6) is 5.75 Å². The lowest BCUT2D eigenvalue weighted by atomic mass is 9.83.